The van der Waals surface area contributed by atoms with E-state index in [9.17, 15) is 13.0 Å². The number of hydrogen-bond donors (Lipinski definition) is 1. The van der Waals surface area contributed by atoms with Gasteiger partial charge >= 0.3 is 0 Å². The van der Waals surface area contributed by atoms with Gasteiger partial charge in [0.1, 0.15) is 0 Å². The molecule has 0 aromatic heterocycles. The van der Waals surface area contributed by atoms with E-state index in [-0.39, 0.29) is 0 Å². The summed E-state index contributed by atoms with van der Waals surface area (Å²) in [6.45, 7) is 4.48. The SMILES string of the molecule is CCCCCCCCCCCCC(CCCCCCCCCCC)S(=O)(=O)O. The summed E-state index contributed by atoms with van der Waals surface area (Å²) < 4.78 is 32.8. The predicted molar refractivity (Wildman–Crippen MR) is 124 cm³/mol. The molecule has 0 fully saturated rings. The molecule has 170 valence electrons. The summed E-state index contributed by atoms with van der Waals surface area (Å²) in [6, 6.07) is 0. The Morgan fingerprint density at radius 3 is 1.00 bits per heavy atom. The fraction of sp³-hybridized carbons (Fsp3) is 1.00. The molecule has 0 bridgehead atoms. The third-order valence-corrected chi connectivity index (χ3v) is 7.24. The van der Waals surface area contributed by atoms with Crippen LogP contribution in [0.25, 0.3) is 0 Å². The van der Waals surface area contributed by atoms with Gasteiger partial charge in [-0.15, -0.1) is 0 Å². The maximum absolute atomic E-state index is 11.6. The summed E-state index contributed by atoms with van der Waals surface area (Å²) in [5, 5.41) is -0.536. The molecule has 1 N–H and O–H groups in total. The molecule has 0 aromatic carbocycles. The van der Waals surface area contributed by atoms with Crippen molar-refractivity contribution in [3.8, 4) is 0 Å². The van der Waals surface area contributed by atoms with E-state index in [0.29, 0.717) is 12.8 Å². The van der Waals surface area contributed by atoms with Crippen LogP contribution < -0.4 is 0 Å². The fourth-order valence-corrected chi connectivity index (χ4v) is 4.91. The van der Waals surface area contributed by atoms with Crippen LogP contribution in [0.4, 0.5) is 0 Å². The Labute approximate surface area is 177 Å². The van der Waals surface area contributed by atoms with Crippen molar-refractivity contribution in [3.05, 3.63) is 0 Å². The molecule has 0 aromatic rings. The van der Waals surface area contributed by atoms with Crippen LogP contribution in [0.5, 0.6) is 0 Å². The Morgan fingerprint density at radius 1 is 0.500 bits per heavy atom. The first-order valence-corrected chi connectivity index (χ1v) is 14.0. The van der Waals surface area contributed by atoms with Crippen molar-refractivity contribution in [2.75, 3.05) is 0 Å². The minimum Gasteiger partial charge on any atom is -0.285 e. The minimum atomic E-state index is -3.88. The maximum atomic E-state index is 11.6. The average molecular weight is 419 g/mol. The van der Waals surface area contributed by atoms with Crippen molar-refractivity contribution in [2.24, 2.45) is 0 Å². The lowest BCUT2D eigenvalue weighted by Gasteiger charge is -2.13. The number of hydrogen-bond acceptors (Lipinski definition) is 2. The van der Waals surface area contributed by atoms with Crippen molar-refractivity contribution in [1.82, 2.24) is 0 Å². The Bertz CT molecular complexity index is 406. The highest BCUT2D eigenvalue weighted by molar-refractivity contribution is 7.86. The highest BCUT2D eigenvalue weighted by Crippen LogP contribution is 2.19. The van der Waals surface area contributed by atoms with Gasteiger partial charge in [-0.3, -0.25) is 4.55 Å². The molecule has 0 aliphatic carbocycles. The predicted octanol–water partition coefficient (Wildman–Crippen LogP) is 8.47. The van der Waals surface area contributed by atoms with Crippen molar-refractivity contribution >= 4 is 10.1 Å². The van der Waals surface area contributed by atoms with Gasteiger partial charge in [0.05, 0.1) is 5.25 Å². The van der Waals surface area contributed by atoms with E-state index in [2.05, 4.69) is 13.8 Å². The third-order valence-electron chi connectivity index (χ3n) is 5.93. The first-order chi connectivity index (χ1) is 13.5. The summed E-state index contributed by atoms with van der Waals surface area (Å²) >= 11 is 0. The van der Waals surface area contributed by atoms with Crippen LogP contribution in [0, 0.1) is 0 Å². The third kappa shape index (κ3) is 19.2. The Morgan fingerprint density at radius 2 is 0.750 bits per heavy atom. The zero-order chi connectivity index (χ0) is 20.9. The van der Waals surface area contributed by atoms with Crippen LogP contribution in [-0.2, 0) is 10.1 Å². The van der Waals surface area contributed by atoms with Gasteiger partial charge in [0.25, 0.3) is 10.1 Å². The van der Waals surface area contributed by atoms with Crippen molar-refractivity contribution in [2.45, 2.75) is 154 Å². The van der Waals surface area contributed by atoms with E-state index in [0.717, 1.165) is 25.7 Å². The second kappa shape index (κ2) is 20.2. The molecule has 28 heavy (non-hydrogen) atoms. The summed E-state index contributed by atoms with van der Waals surface area (Å²) in [6.07, 6.45) is 24.9. The van der Waals surface area contributed by atoms with E-state index < -0.39 is 15.4 Å². The largest absolute Gasteiger partial charge is 0.285 e. The van der Waals surface area contributed by atoms with Gasteiger partial charge in [0, 0.05) is 0 Å². The van der Waals surface area contributed by atoms with Crippen LogP contribution in [0.15, 0.2) is 0 Å². The second-order valence-corrected chi connectivity index (χ2v) is 10.4. The zero-order valence-corrected chi connectivity index (χ0v) is 19.9. The summed E-state index contributed by atoms with van der Waals surface area (Å²) in [5.74, 6) is 0. The highest BCUT2D eigenvalue weighted by Gasteiger charge is 2.21. The average Bonchev–Trinajstić information content (AvgIpc) is 2.65. The van der Waals surface area contributed by atoms with Gasteiger partial charge in [-0.1, -0.05) is 136 Å². The van der Waals surface area contributed by atoms with Gasteiger partial charge in [-0.2, -0.15) is 8.42 Å². The van der Waals surface area contributed by atoms with Crippen LogP contribution in [-0.4, -0.2) is 18.2 Å². The van der Waals surface area contributed by atoms with Gasteiger partial charge in [0.15, 0.2) is 0 Å². The van der Waals surface area contributed by atoms with Crippen molar-refractivity contribution in [3.63, 3.8) is 0 Å². The number of rotatable bonds is 22. The normalized spacial score (nSPS) is 13.1. The first kappa shape index (κ1) is 27.9. The lowest BCUT2D eigenvalue weighted by atomic mass is 10.0. The molecule has 1 unspecified atom stereocenters. The molecule has 0 saturated carbocycles. The molecule has 0 amide bonds. The molecular formula is C24H50O3S. The van der Waals surface area contributed by atoms with E-state index in [1.165, 1.54) is 96.3 Å². The summed E-state index contributed by atoms with van der Waals surface area (Å²) in [7, 11) is -3.88. The smallest absolute Gasteiger partial charge is 0.267 e. The molecule has 1 atom stereocenters. The van der Waals surface area contributed by atoms with E-state index in [1.807, 2.05) is 0 Å². The van der Waals surface area contributed by atoms with E-state index in [4.69, 9.17) is 0 Å². The maximum Gasteiger partial charge on any atom is 0.267 e. The van der Waals surface area contributed by atoms with Crippen LogP contribution in [0.1, 0.15) is 149 Å². The molecule has 0 saturated heterocycles. The van der Waals surface area contributed by atoms with Gasteiger partial charge < -0.3 is 0 Å². The molecule has 4 heteroatoms. The molecule has 0 aliphatic rings. The lowest BCUT2D eigenvalue weighted by molar-refractivity contribution is 0.442. The van der Waals surface area contributed by atoms with Crippen molar-refractivity contribution in [1.29, 1.82) is 0 Å². The highest BCUT2D eigenvalue weighted by atomic mass is 32.2. The first-order valence-electron chi connectivity index (χ1n) is 12.5. The standard InChI is InChI=1S/C24H50O3S/c1-3-5-7-9-11-13-15-17-19-21-23-24(28(25,26)27)22-20-18-16-14-12-10-8-6-4-2/h24H,3-23H2,1-2H3,(H,25,26,27). The van der Waals surface area contributed by atoms with Gasteiger partial charge in [-0.25, -0.2) is 0 Å². The van der Waals surface area contributed by atoms with Crippen LogP contribution in [0.2, 0.25) is 0 Å². The molecular weight excluding hydrogens is 368 g/mol. The summed E-state index contributed by atoms with van der Waals surface area (Å²) in [4.78, 5) is 0. The molecule has 0 rings (SSSR count). The molecule has 0 spiro atoms. The molecule has 3 nitrogen and oxygen atoms in total. The zero-order valence-electron chi connectivity index (χ0n) is 19.1. The topological polar surface area (TPSA) is 54.4 Å². The lowest BCUT2D eigenvalue weighted by Crippen LogP contribution is -2.20. The molecule has 0 heterocycles. The fourth-order valence-electron chi connectivity index (χ4n) is 3.98. The van der Waals surface area contributed by atoms with E-state index >= 15 is 0 Å². The van der Waals surface area contributed by atoms with Gasteiger partial charge in [0.2, 0.25) is 0 Å². The van der Waals surface area contributed by atoms with Gasteiger partial charge in [-0.05, 0) is 12.8 Å². The Balaban J connectivity index is 3.65. The van der Waals surface area contributed by atoms with Crippen molar-refractivity contribution < 1.29 is 13.0 Å². The minimum absolute atomic E-state index is 0.536. The van der Waals surface area contributed by atoms with E-state index in [1.54, 1.807) is 0 Å². The quantitative estimate of drug-likeness (QED) is 0.142. The van der Waals surface area contributed by atoms with Crippen LogP contribution >= 0.6 is 0 Å². The second-order valence-electron chi connectivity index (χ2n) is 8.72. The Hall–Kier alpha value is -0.0900. The monoisotopic (exact) mass is 418 g/mol. The number of unbranched alkanes of at least 4 members (excludes halogenated alkanes) is 17. The molecule has 0 radical (unpaired) electrons. The summed E-state index contributed by atoms with van der Waals surface area (Å²) in [5.41, 5.74) is 0. The molecule has 0 aliphatic heterocycles. The Kier molecular flexibility index (Phi) is 20.1. The van der Waals surface area contributed by atoms with Crippen LogP contribution in [0.3, 0.4) is 0 Å².